The third-order valence-corrected chi connectivity index (χ3v) is 4.12. The van der Waals surface area contributed by atoms with Crippen LogP contribution in [-0.2, 0) is 0 Å². The van der Waals surface area contributed by atoms with Gasteiger partial charge in [0.25, 0.3) is 0 Å². The van der Waals surface area contributed by atoms with Crippen molar-refractivity contribution in [3.63, 3.8) is 0 Å². The Morgan fingerprint density at radius 1 is 1.53 bits per heavy atom. The van der Waals surface area contributed by atoms with Gasteiger partial charge in [-0.15, -0.1) is 12.4 Å². The third kappa shape index (κ3) is 4.62. The molecule has 17 heavy (non-hydrogen) atoms. The van der Waals surface area contributed by atoms with Crippen molar-refractivity contribution in [1.29, 1.82) is 0 Å². The standard InChI is InChI=1S/C11H16ClN3S.ClH/c1-8-6-14-11(15-10(8)12)16-7-9-4-2-3-5-13-9;/h6,9,13H,2-5,7H2,1H3;1H. The molecule has 0 radical (unpaired) electrons. The number of halogens is 2. The molecule has 96 valence electrons. The van der Waals surface area contributed by atoms with Gasteiger partial charge < -0.3 is 5.32 Å². The van der Waals surface area contributed by atoms with E-state index in [1.807, 2.05) is 6.92 Å². The molecule has 0 amide bonds. The van der Waals surface area contributed by atoms with E-state index < -0.39 is 0 Å². The molecule has 3 nitrogen and oxygen atoms in total. The highest BCUT2D eigenvalue weighted by Gasteiger charge is 2.13. The summed E-state index contributed by atoms with van der Waals surface area (Å²) in [5.41, 5.74) is 0.932. The lowest BCUT2D eigenvalue weighted by Crippen LogP contribution is -2.35. The van der Waals surface area contributed by atoms with Crippen LogP contribution < -0.4 is 5.32 Å². The minimum absolute atomic E-state index is 0. The Kier molecular flexibility index (Phi) is 6.55. The van der Waals surface area contributed by atoms with Crippen molar-refractivity contribution in [2.45, 2.75) is 37.4 Å². The molecule has 1 fully saturated rings. The molecule has 2 heterocycles. The molecular formula is C11H17Cl2N3S. The van der Waals surface area contributed by atoms with Crippen LogP contribution in [0.4, 0.5) is 0 Å². The highest BCUT2D eigenvalue weighted by atomic mass is 35.5. The number of nitrogens with zero attached hydrogens (tertiary/aromatic N) is 2. The van der Waals surface area contributed by atoms with Crippen LogP contribution in [0.5, 0.6) is 0 Å². The van der Waals surface area contributed by atoms with E-state index in [0.717, 1.165) is 23.0 Å². The summed E-state index contributed by atoms with van der Waals surface area (Å²) in [7, 11) is 0. The fraction of sp³-hybridized carbons (Fsp3) is 0.636. The van der Waals surface area contributed by atoms with E-state index in [-0.39, 0.29) is 12.4 Å². The van der Waals surface area contributed by atoms with Crippen LogP contribution in [0.25, 0.3) is 0 Å². The second-order valence-corrected chi connectivity index (χ2v) is 5.43. The van der Waals surface area contributed by atoms with Gasteiger partial charge in [-0.25, -0.2) is 9.97 Å². The number of hydrogen-bond acceptors (Lipinski definition) is 4. The monoisotopic (exact) mass is 293 g/mol. The van der Waals surface area contributed by atoms with Crippen molar-refractivity contribution in [3.8, 4) is 0 Å². The Morgan fingerprint density at radius 2 is 2.35 bits per heavy atom. The summed E-state index contributed by atoms with van der Waals surface area (Å²) in [5.74, 6) is 1.03. The number of rotatable bonds is 3. The average molecular weight is 294 g/mol. The summed E-state index contributed by atoms with van der Waals surface area (Å²) < 4.78 is 0. The molecule has 1 N–H and O–H groups in total. The zero-order chi connectivity index (χ0) is 11.4. The quantitative estimate of drug-likeness (QED) is 0.528. The molecule has 0 aliphatic carbocycles. The van der Waals surface area contributed by atoms with Gasteiger partial charge in [-0.2, -0.15) is 0 Å². The zero-order valence-electron chi connectivity index (χ0n) is 9.78. The first-order valence-corrected chi connectivity index (χ1v) is 6.97. The maximum atomic E-state index is 5.96. The van der Waals surface area contributed by atoms with Crippen molar-refractivity contribution in [2.24, 2.45) is 0 Å². The first-order chi connectivity index (χ1) is 7.75. The second kappa shape index (κ2) is 7.41. The van der Waals surface area contributed by atoms with Crippen molar-refractivity contribution in [3.05, 3.63) is 16.9 Å². The molecule has 0 saturated carbocycles. The van der Waals surface area contributed by atoms with Gasteiger partial charge in [-0.3, -0.25) is 0 Å². The Hall–Kier alpha value is -0.0300. The summed E-state index contributed by atoms with van der Waals surface area (Å²) in [6.07, 6.45) is 5.67. The van der Waals surface area contributed by atoms with E-state index in [1.165, 1.54) is 19.3 Å². The fourth-order valence-corrected chi connectivity index (χ4v) is 2.81. The van der Waals surface area contributed by atoms with Gasteiger partial charge in [0.15, 0.2) is 5.16 Å². The Balaban J connectivity index is 0.00000144. The first-order valence-electron chi connectivity index (χ1n) is 5.61. The van der Waals surface area contributed by atoms with Crippen LogP contribution in [0, 0.1) is 6.92 Å². The summed E-state index contributed by atoms with van der Waals surface area (Å²) in [6.45, 7) is 3.06. The van der Waals surface area contributed by atoms with Crippen LogP contribution in [0.15, 0.2) is 11.4 Å². The third-order valence-electron chi connectivity index (χ3n) is 2.71. The van der Waals surface area contributed by atoms with Crippen LogP contribution in [0.2, 0.25) is 5.15 Å². The predicted octanol–water partition coefficient (Wildman–Crippen LogP) is 3.09. The highest BCUT2D eigenvalue weighted by Crippen LogP contribution is 2.20. The SMILES string of the molecule is Cc1cnc(SCC2CCCCN2)nc1Cl.Cl. The zero-order valence-corrected chi connectivity index (χ0v) is 12.2. The van der Waals surface area contributed by atoms with Gasteiger partial charge in [-0.05, 0) is 26.3 Å². The number of aromatic nitrogens is 2. The topological polar surface area (TPSA) is 37.8 Å². The Bertz CT molecular complexity index is 357. The van der Waals surface area contributed by atoms with Gasteiger partial charge in [0.2, 0.25) is 0 Å². The van der Waals surface area contributed by atoms with Gasteiger partial charge in [0.05, 0.1) is 0 Å². The largest absolute Gasteiger partial charge is 0.313 e. The molecule has 0 spiro atoms. The molecule has 1 aliphatic heterocycles. The summed E-state index contributed by atoms with van der Waals surface area (Å²) >= 11 is 7.64. The second-order valence-electron chi connectivity index (χ2n) is 4.08. The molecular weight excluding hydrogens is 277 g/mol. The minimum Gasteiger partial charge on any atom is -0.313 e. The molecule has 0 aromatic carbocycles. The van der Waals surface area contributed by atoms with Crippen molar-refractivity contribution in [2.75, 3.05) is 12.3 Å². The van der Waals surface area contributed by atoms with E-state index in [2.05, 4.69) is 15.3 Å². The van der Waals surface area contributed by atoms with Crippen molar-refractivity contribution in [1.82, 2.24) is 15.3 Å². The van der Waals surface area contributed by atoms with E-state index in [1.54, 1.807) is 18.0 Å². The minimum atomic E-state index is 0. The summed E-state index contributed by atoms with van der Waals surface area (Å²) in [4.78, 5) is 8.51. The fourth-order valence-electron chi connectivity index (χ4n) is 1.72. The molecule has 2 rings (SSSR count). The van der Waals surface area contributed by atoms with Gasteiger partial charge in [-0.1, -0.05) is 29.8 Å². The van der Waals surface area contributed by atoms with Gasteiger partial charge in [0.1, 0.15) is 5.15 Å². The number of aryl methyl sites for hydroxylation is 1. The molecule has 1 saturated heterocycles. The number of nitrogens with one attached hydrogen (secondary N) is 1. The van der Waals surface area contributed by atoms with Crippen LogP contribution in [0.3, 0.4) is 0 Å². The number of hydrogen-bond donors (Lipinski definition) is 1. The smallest absolute Gasteiger partial charge is 0.189 e. The number of thioether (sulfide) groups is 1. The Labute approximate surface area is 118 Å². The van der Waals surface area contributed by atoms with Crippen molar-refractivity contribution >= 4 is 35.8 Å². The normalized spacial score (nSPS) is 19.8. The predicted molar refractivity (Wildman–Crippen MR) is 75.4 cm³/mol. The summed E-state index contributed by atoms with van der Waals surface area (Å²) in [5, 5.41) is 4.85. The molecule has 1 atom stereocenters. The molecule has 1 aliphatic rings. The molecule has 0 bridgehead atoms. The van der Waals surface area contributed by atoms with Crippen LogP contribution in [-0.4, -0.2) is 28.3 Å². The maximum Gasteiger partial charge on any atom is 0.189 e. The lowest BCUT2D eigenvalue weighted by atomic mass is 10.1. The van der Waals surface area contributed by atoms with Gasteiger partial charge >= 0.3 is 0 Å². The van der Waals surface area contributed by atoms with Crippen LogP contribution in [0.1, 0.15) is 24.8 Å². The molecule has 1 aromatic heterocycles. The Morgan fingerprint density at radius 3 is 3.00 bits per heavy atom. The maximum absolute atomic E-state index is 5.96. The molecule has 6 heteroatoms. The van der Waals surface area contributed by atoms with Gasteiger partial charge in [0, 0.05) is 23.6 Å². The summed E-state index contributed by atoms with van der Waals surface area (Å²) in [6, 6.07) is 0.599. The lowest BCUT2D eigenvalue weighted by Gasteiger charge is -2.22. The molecule has 1 unspecified atom stereocenters. The van der Waals surface area contributed by atoms with E-state index in [9.17, 15) is 0 Å². The van der Waals surface area contributed by atoms with E-state index in [4.69, 9.17) is 11.6 Å². The van der Waals surface area contributed by atoms with Crippen molar-refractivity contribution < 1.29 is 0 Å². The average Bonchev–Trinajstić information content (AvgIpc) is 2.32. The highest BCUT2D eigenvalue weighted by molar-refractivity contribution is 7.99. The first kappa shape index (κ1) is 15.0. The number of piperidine rings is 1. The molecule has 1 aromatic rings. The lowest BCUT2D eigenvalue weighted by molar-refractivity contribution is 0.429. The van der Waals surface area contributed by atoms with E-state index in [0.29, 0.717) is 11.2 Å². The van der Waals surface area contributed by atoms with E-state index >= 15 is 0 Å². The van der Waals surface area contributed by atoms with Crippen LogP contribution >= 0.6 is 35.8 Å².